The van der Waals surface area contributed by atoms with Gasteiger partial charge in [0.2, 0.25) is 0 Å². The lowest BCUT2D eigenvalue weighted by Crippen LogP contribution is -2.10. The molecule has 1 aromatic carbocycles. The Kier molecular flexibility index (Phi) is 2.91. The number of hydrogen-bond donors (Lipinski definition) is 0. The van der Waals surface area contributed by atoms with Crippen molar-refractivity contribution in [1.29, 1.82) is 0 Å². The highest BCUT2D eigenvalue weighted by molar-refractivity contribution is 7.92. The van der Waals surface area contributed by atoms with E-state index in [1.54, 1.807) is 19.1 Å². The van der Waals surface area contributed by atoms with Gasteiger partial charge in [0.25, 0.3) is 5.69 Å². The summed E-state index contributed by atoms with van der Waals surface area (Å²) in [5, 5.41) is 10.3. The third kappa shape index (κ3) is 2.31. The molecular formula is C11H13NO4S. The molecule has 92 valence electrons. The van der Waals surface area contributed by atoms with Gasteiger partial charge in [0, 0.05) is 23.8 Å². The van der Waals surface area contributed by atoms with Crippen LogP contribution in [0.3, 0.4) is 0 Å². The van der Waals surface area contributed by atoms with Crippen LogP contribution in [0.15, 0.2) is 24.3 Å². The van der Waals surface area contributed by atoms with Gasteiger partial charge < -0.3 is 0 Å². The Morgan fingerprint density at radius 1 is 1.47 bits per heavy atom. The zero-order chi connectivity index (χ0) is 12.6. The summed E-state index contributed by atoms with van der Waals surface area (Å²) in [7, 11) is -3.03. The van der Waals surface area contributed by atoms with E-state index in [4.69, 9.17) is 0 Å². The molecule has 0 aromatic heterocycles. The molecule has 1 aliphatic rings. The molecule has 0 heterocycles. The Hall–Kier alpha value is -1.43. The Bertz CT molecular complexity index is 552. The van der Waals surface area contributed by atoms with Gasteiger partial charge in [-0.25, -0.2) is 8.42 Å². The minimum Gasteiger partial charge on any atom is -0.258 e. The van der Waals surface area contributed by atoms with Crippen LogP contribution in [-0.2, 0) is 9.84 Å². The van der Waals surface area contributed by atoms with E-state index in [9.17, 15) is 18.5 Å². The second-order valence-corrected chi connectivity index (χ2v) is 6.69. The first kappa shape index (κ1) is 12.0. The maximum absolute atomic E-state index is 11.6. The monoisotopic (exact) mass is 255 g/mol. The number of rotatable bonds is 4. The van der Waals surface area contributed by atoms with Crippen LogP contribution in [0.25, 0.3) is 0 Å². The van der Waals surface area contributed by atoms with E-state index in [0.29, 0.717) is 6.42 Å². The van der Waals surface area contributed by atoms with E-state index in [0.717, 1.165) is 5.56 Å². The summed E-state index contributed by atoms with van der Waals surface area (Å²) in [4.78, 5) is 10.2. The predicted molar refractivity (Wildman–Crippen MR) is 63.7 cm³/mol. The van der Waals surface area contributed by atoms with Crippen molar-refractivity contribution >= 4 is 15.5 Å². The van der Waals surface area contributed by atoms with Crippen molar-refractivity contribution < 1.29 is 13.3 Å². The normalized spacial score (nSPS) is 23.4. The fourth-order valence-corrected chi connectivity index (χ4v) is 3.59. The quantitative estimate of drug-likeness (QED) is 0.608. The predicted octanol–water partition coefficient (Wildman–Crippen LogP) is 1.89. The van der Waals surface area contributed by atoms with Crippen LogP contribution in [0.5, 0.6) is 0 Å². The van der Waals surface area contributed by atoms with Crippen LogP contribution >= 0.6 is 0 Å². The van der Waals surface area contributed by atoms with E-state index < -0.39 is 14.8 Å². The highest BCUT2D eigenvalue weighted by Crippen LogP contribution is 2.46. The largest absolute Gasteiger partial charge is 0.269 e. The fraction of sp³-hybridized carbons (Fsp3) is 0.455. The first-order valence-corrected chi connectivity index (χ1v) is 7.13. The molecule has 1 saturated carbocycles. The Labute approximate surface area is 99.5 Å². The third-order valence-corrected chi connectivity index (χ3v) is 5.35. The van der Waals surface area contributed by atoms with Gasteiger partial charge in [-0.05, 0) is 12.0 Å². The zero-order valence-electron chi connectivity index (χ0n) is 9.37. The molecule has 5 nitrogen and oxygen atoms in total. The van der Waals surface area contributed by atoms with E-state index in [1.165, 1.54) is 12.1 Å². The van der Waals surface area contributed by atoms with Crippen molar-refractivity contribution in [3.05, 3.63) is 39.9 Å². The van der Waals surface area contributed by atoms with Crippen LogP contribution in [0.2, 0.25) is 0 Å². The van der Waals surface area contributed by atoms with Crippen molar-refractivity contribution in [3.63, 3.8) is 0 Å². The minimum absolute atomic E-state index is 0.0158. The lowest BCUT2D eigenvalue weighted by atomic mass is 10.1. The summed E-state index contributed by atoms with van der Waals surface area (Å²) < 4.78 is 23.3. The van der Waals surface area contributed by atoms with E-state index >= 15 is 0 Å². The molecule has 17 heavy (non-hydrogen) atoms. The Morgan fingerprint density at radius 3 is 2.76 bits per heavy atom. The molecule has 1 aromatic rings. The highest BCUT2D eigenvalue weighted by Gasteiger charge is 2.47. The van der Waals surface area contributed by atoms with Crippen molar-refractivity contribution in [1.82, 2.24) is 0 Å². The molecule has 2 atom stereocenters. The molecule has 0 radical (unpaired) electrons. The van der Waals surface area contributed by atoms with Gasteiger partial charge >= 0.3 is 0 Å². The average molecular weight is 255 g/mol. The molecule has 0 aliphatic heterocycles. The Morgan fingerprint density at radius 2 is 2.18 bits per heavy atom. The fourth-order valence-electron chi connectivity index (χ4n) is 2.00. The third-order valence-electron chi connectivity index (χ3n) is 3.10. The SMILES string of the molecule is CCS(=O)(=O)C1CC1c1cccc([N+](=O)[O-])c1. The summed E-state index contributed by atoms with van der Waals surface area (Å²) in [6.07, 6.45) is 0.581. The van der Waals surface area contributed by atoms with Crippen molar-refractivity contribution in [2.45, 2.75) is 24.5 Å². The average Bonchev–Trinajstić information content (AvgIpc) is 3.10. The maximum atomic E-state index is 11.6. The van der Waals surface area contributed by atoms with Gasteiger partial charge in [0.05, 0.1) is 10.2 Å². The summed E-state index contributed by atoms with van der Waals surface area (Å²) >= 11 is 0. The highest BCUT2D eigenvalue weighted by atomic mass is 32.2. The molecule has 1 aliphatic carbocycles. The molecule has 0 N–H and O–H groups in total. The number of nitrogens with zero attached hydrogens (tertiary/aromatic N) is 1. The van der Waals surface area contributed by atoms with Gasteiger partial charge in [-0.1, -0.05) is 19.1 Å². The standard InChI is InChI=1S/C11H13NO4S/c1-2-17(15,16)11-7-10(11)8-4-3-5-9(6-8)12(13)14/h3-6,10-11H,2,7H2,1H3. The van der Waals surface area contributed by atoms with E-state index in [-0.39, 0.29) is 22.6 Å². The summed E-state index contributed by atoms with van der Waals surface area (Å²) in [5.74, 6) is 0.0585. The molecule has 0 amide bonds. The zero-order valence-corrected chi connectivity index (χ0v) is 10.2. The number of hydrogen-bond acceptors (Lipinski definition) is 4. The first-order chi connectivity index (χ1) is 7.95. The lowest BCUT2D eigenvalue weighted by molar-refractivity contribution is -0.384. The molecule has 0 saturated heterocycles. The van der Waals surface area contributed by atoms with Crippen LogP contribution in [0.1, 0.15) is 24.8 Å². The molecular weight excluding hydrogens is 242 g/mol. The number of non-ortho nitro benzene ring substituents is 1. The van der Waals surface area contributed by atoms with Gasteiger partial charge in [0.1, 0.15) is 0 Å². The van der Waals surface area contributed by atoms with Crippen molar-refractivity contribution in [2.24, 2.45) is 0 Å². The Balaban J connectivity index is 2.22. The van der Waals surface area contributed by atoms with Gasteiger partial charge in [0.15, 0.2) is 9.84 Å². The summed E-state index contributed by atoms with van der Waals surface area (Å²) in [6.45, 7) is 1.62. The minimum atomic E-state index is -3.03. The second-order valence-electron chi connectivity index (χ2n) is 4.18. The molecule has 6 heteroatoms. The van der Waals surface area contributed by atoms with Gasteiger partial charge in [-0.15, -0.1) is 0 Å². The van der Waals surface area contributed by atoms with Crippen molar-refractivity contribution in [2.75, 3.05) is 5.75 Å². The van der Waals surface area contributed by atoms with E-state index in [2.05, 4.69) is 0 Å². The van der Waals surface area contributed by atoms with Crippen LogP contribution in [0.4, 0.5) is 5.69 Å². The molecule has 0 bridgehead atoms. The van der Waals surface area contributed by atoms with Crippen molar-refractivity contribution in [3.8, 4) is 0 Å². The number of sulfone groups is 1. The molecule has 2 unspecified atom stereocenters. The van der Waals surface area contributed by atoms with Gasteiger partial charge in [-0.3, -0.25) is 10.1 Å². The summed E-state index contributed by atoms with van der Waals surface area (Å²) in [5.41, 5.74) is 0.767. The van der Waals surface area contributed by atoms with Crippen LogP contribution in [-0.4, -0.2) is 24.3 Å². The number of nitro groups is 1. The topological polar surface area (TPSA) is 77.3 Å². The number of nitro benzene ring substituents is 1. The van der Waals surface area contributed by atoms with Crippen LogP contribution in [0, 0.1) is 10.1 Å². The van der Waals surface area contributed by atoms with Gasteiger partial charge in [-0.2, -0.15) is 0 Å². The smallest absolute Gasteiger partial charge is 0.258 e. The molecule has 1 fully saturated rings. The maximum Gasteiger partial charge on any atom is 0.269 e. The second kappa shape index (κ2) is 4.10. The number of benzene rings is 1. The lowest BCUT2D eigenvalue weighted by Gasteiger charge is -2.01. The molecule has 0 spiro atoms. The van der Waals surface area contributed by atoms with Crippen LogP contribution < -0.4 is 0 Å². The first-order valence-electron chi connectivity index (χ1n) is 5.41. The summed E-state index contributed by atoms with van der Waals surface area (Å²) in [6, 6.07) is 6.23. The van der Waals surface area contributed by atoms with E-state index in [1.807, 2.05) is 0 Å². The molecule has 2 rings (SSSR count).